The average Bonchev–Trinajstić information content (AvgIpc) is 2.46. The molecule has 3 N–H and O–H groups in total. The molecule has 3 unspecified atom stereocenters. The summed E-state index contributed by atoms with van der Waals surface area (Å²) >= 11 is 0. The quantitative estimate of drug-likeness (QED) is 0.0169. The molecule has 0 aromatic rings. The van der Waals surface area contributed by atoms with Crippen LogP contribution in [0.5, 0.6) is 0 Å². The molecule has 0 rings (SSSR count). The highest BCUT2D eigenvalue weighted by atomic mass is 31.2. The van der Waals surface area contributed by atoms with Gasteiger partial charge in [-0.2, -0.15) is 0 Å². The van der Waals surface area contributed by atoms with Gasteiger partial charge in [-0.3, -0.25) is 37.3 Å². The van der Waals surface area contributed by atoms with Crippen molar-refractivity contribution >= 4 is 39.5 Å². The summed E-state index contributed by atoms with van der Waals surface area (Å²) in [4.78, 5) is 72.7. The molecule has 548 valence electrons. The molecule has 19 heteroatoms. The third-order valence-electron chi connectivity index (χ3n) is 16.5. The summed E-state index contributed by atoms with van der Waals surface area (Å²) in [5, 5.41) is 10.6. The van der Waals surface area contributed by atoms with Crippen LogP contribution in [0.15, 0.2) is 24.3 Å². The highest BCUT2D eigenvalue weighted by Gasteiger charge is 2.30. The predicted molar refractivity (Wildman–Crippen MR) is 377 cm³/mol. The van der Waals surface area contributed by atoms with Gasteiger partial charge < -0.3 is 33.8 Å². The summed E-state index contributed by atoms with van der Waals surface area (Å²) < 4.78 is 68.4. The van der Waals surface area contributed by atoms with E-state index in [-0.39, 0.29) is 25.7 Å². The van der Waals surface area contributed by atoms with E-state index >= 15 is 0 Å². The van der Waals surface area contributed by atoms with Gasteiger partial charge in [0.15, 0.2) is 12.2 Å². The van der Waals surface area contributed by atoms with Crippen molar-refractivity contribution in [1.82, 2.24) is 0 Å². The summed E-state index contributed by atoms with van der Waals surface area (Å²) in [5.74, 6) is 0.0577. The van der Waals surface area contributed by atoms with Crippen molar-refractivity contribution in [2.24, 2.45) is 17.8 Å². The van der Waals surface area contributed by atoms with Gasteiger partial charge in [-0.15, -0.1) is 0 Å². The van der Waals surface area contributed by atoms with Gasteiger partial charge in [-0.05, 0) is 69.1 Å². The van der Waals surface area contributed by atoms with Crippen LogP contribution in [0.25, 0.3) is 0 Å². The Balaban J connectivity index is 5.28. The maximum Gasteiger partial charge on any atom is 0.472 e. The molecular weight excluding hydrogens is 1220 g/mol. The number of carbonyl (C=O) groups is 4. The maximum absolute atomic E-state index is 13.1. The third-order valence-corrected chi connectivity index (χ3v) is 18.4. The lowest BCUT2D eigenvalue weighted by atomic mass is 10.0. The fourth-order valence-corrected chi connectivity index (χ4v) is 12.3. The van der Waals surface area contributed by atoms with Crippen LogP contribution in [-0.2, 0) is 65.4 Å². The van der Waals surface area contributed by atoms with Crippen molar-refractivity contribution < 1.29 is 80.2 Å². The molecule has 0 saturated heterocycles. The standard InChI is InChI=1S/C74H140O17P2/c1-8-9-10-11-12-13-14-15-16-20-23-26-34-41-48-55-71(76)84-61-69(90-73(78)57-50-43-36-27-24-21-18-17-19-22-25-31-38-45-52-65(2)3)63-88-92(80,81)86-59-68(75)60-87-93(82,83)89-64-70(91-74(79)58-51-44-37-30-33-40-47-54-67(6)7)62-85-72(77)56-49-42-35-29-28-32-39-46-53-66(4)5/h13-16,65-70,75H,8-12,17-64H2,1-7H3,(H,80,81)(H,82,83)/b14-13-,16-15-/t68?,69-,70-/m1/s1. The van der Waals surface area contributed by atoms with Crippen LogP contribution >= 0.6 is 15.6 Å². The van der Waals surface area contributed by atoms with E-state index in [1.165, 1.54) is 141 Å². The lowest BCUT2D eigenvalue weighted by Gasteiger charge is -2.21. The lowest BCUT2D eigenvalue weighted by Crippen LogP contribution is -2.30. The van der Waals surface area contributed by atoms with Gasteiger partial charge in [0.1, 0.15) is 19.3 Å². The second-order valence-corrected chi connectivity index (χ2v) is 30.3. The first-order chi connectivity index (χ1) is 44.7. The molecule has 0 spiro atoms. The third kappa shape index (κ3) is 67.9. The van der Waals surface area contributed by atoms with Crippen LogP contribution in [0.3, 0.4) is 0 Å². The van der Waals surface area contributed by atoms with Crippen LogP contribution in [0, 0.1) is 17.8 Å². The minimum atomic E-state index is -4.96. The zero-order valence-corrected chi connectivity index (χ0v) is 62.0. The molecule has 5 atom stereocenters. The normalized spacial score (nSPS) is 14.3. The fourth-order valence-electron chi connectivity index (χ4n) is 10.7. The Hall–Kier alpha value is -2.46. The molecule has 0 aromatic carbocycles. The number of phosphoric ester groups is 2. The molecule has 0 aliphatic carbocycles. The number of aliphatic hydroxyl groups excluding tert-OH is 1. The molecule has 0 heterocycles. The molecular formula is C74H140O17P2. The van der Waals surface area contributed by atoms with Crippen molar-refractivity contribution in [1.29, 1.82) is 0 Å². The zero-order valence-electron chi connectivity index (χ0n) is 60.2. The Kier molecular flexibility index (Phi) is 62.5. The second-order valence-electron chi connectivity index (χ2n) is 27.4. The van der Waals surface area contributed by atoms with Crippen molar-refractivity contribution in [2.75, 3.05) is 39.6 Å². The number of unbranched alkanes of at least 4 members (excludes halogenated alkanes) is 35. The second kappa shape index (κ2) is 64.2. The van der Waals surface area contributed by atoms with E-state index in [2.05, 4.69) is 72.8 Å². The van der Waals surface area contributed by atoms with Crippen LogP contribution in [0.1, 0.15) is 350 Å². The Morgan fingerprint density at radius 3 is 0.871 bits per heavy atom. The maximum atomic E-state index is 13.1. The summed E-state index contributed by atoms with van der Waals surface area (Å²) in [6.45, 7) is 11.7. The Morgan fingerprint density at radius 2 is 0.581 bits per heavy atom. The number of hydrogen-bond acceptors (Lipinski definition) is 15. The molecule has 17 nitrogen and oxygen atoms in total. The SMILES string of the molecule is CCCCCC/C=C\C=C/CCCCCCCC(=O)OC[C@H](COP(=O)(O)OCC(O)COP(=O)(O)OC[C@@H](COC(=O)CCCCCCCCCCC(C)C)OC(=O)CCCCCCCCCC(C)C)OC(=O)CCCCCCCCCCCCCCCCC(C)C. The number of allylic oxidation sites excluding steroid dienone is 4. The minimum absolute atomic E-state index is 0.100. The fraction of sp³-hybridized carbons (Fsp3) is 0.892. The zero-order chi connectivity index (χ0) is 68.7. The number of ether oxygens (including phenoxy) is 4. The van der Waals surface area contributed by atoms with E-state index in [1.54, 1.807) is 0 Å². The Morgan fingerprint density at radius 1 is 0.333 bits per heavy atom. The lowest BCUT2D eigenvalue weighted by molar-refractivity contribution is -0.161. The van der Waals surface area contributed by atoms with Crippen LogP contribution in [-0.4, -0.2) is 96.7 Å². The number of esters is 4. The predicted octanol–water partition coefficient (Wildman–Crippen LogP) is 21.0. The van der Waals surface area contributed by atoms with E-state index in [1.807, 2.05) is 0 Å². The average molecular weight is 1360 g/mol. The molecule has 0 bridgehead atoms. The van der Waals surface area contributed by atoms with E-state index < -0.39 is 97.5 Å². The number of phosphoric acid groups is 2. The molecule has 93 heavy (non-hydrogen) atoms. The van der Waals surface area contributed by atoms with Gasteiger partial charge in [-0.25, -0.2) is 9.13 Å². The van der Waals surface area contributed by atoms with Crippen molar-refractivity contribution in [3.63, 3.8) is 0 Å². The van der Waals surface area contributed by atoms with Crippen molar-refractivity contribution in [3.8, 4) is 0 Å². The monoisotopic (exact) mass is 1360 g/mol. The van der Waals surface area contributed by atoms with E-state index in [0.717, 1.165) is 121 Å². The van der Waals surface area contributed by atoms with E-state index in [0.29, 0.717) is 31.6 Å². The topological polar surface area (TPSA) is 237 Å². The van der Waals surface area contributed by atoms with Crippen molar-refractivity contribution in [2.45, 2.75) is 369 Å². The summed E-state index contributed by atoms with van der Waals surface area (Å²) in [6, 6.07) is 0. The first-order valence-electron chi connectivity index (χ1n) is 37.7. The highest BCUT2D eigenvalue weighted by molar-refractivity contribution is 7.47. The van der Waals surface area contributed by atoms with E-state index in [9.17, 15) is 43.2 Å². The molecule has 0 saturated carbocycles. The summed E-state index contributed by atoms with van der Waals surface area (Å²) in [5.41, 5.74) is 0. The Labute approximate surface area is 567 Å². The molecule has 0 radical (unpaired) electrons. The van der Waals surface area contributed by atoms with Crippen LogP contribution in [0.4, 0.5) is 0 Å². The minimum Gasteiger partial charge on any atom is -0.462 e. The summed E-state index contributed by atoms with van der Waals surface area (Å²) in [6.07, 6.45) is 52.3. The molecule has 0 fully saturated rings. The van der Waals surface area contributed by atoms with Crippen LogP contribution in [0.2, 0.25) is 0 Å². The van der Waals surface area contributed by atoms with Gasteiger partial charge in [0.25, 0.3) is 0 Å². The van der Waals surface area contributed by atoms with E-state index in [4.69, 9.17) is 37.0 Å². The summed E-state index contributed by atoms with van der Waals surface area (Å²) in [7, 11) is -9.92. The first kappa shape index (κ1) is 90.5. The van der Waals surface area contributed by atoms with Gasteiger partial charge in [0.2, 0.25) is 0 Å². The Bertz CT molecular complexity index is 1910. The van der Waals surface area contributed by atoms with Gasteiger partial charge in [0, 0.05) is 25.7 Å². The van der Waals surface area contributed by atoms with Crippen LogP contribution < -0.4 is 0 Å². The molecule has 0 amide bonds. The number of carbonyl (C=O) groups excluding carboxylic acids is 4. The molecule has 0 aliphatic heterocycles. The van der Waals surface area contributed by atoms with Crippen molar-refractivity contribution in [3.05, 3.63) is 24.3 Å². The van der Waals surface area contributed by atoms with Gasteiger partial charge in [0.05, 0.1) is 26.4 Å². The van der Waals surface area contributed by atoms with Gasteiger partial charge in [-0.1, -0.05) is 297 Å². The van der Waals surface area contributed by atoms with Gasteiger partial charge >= 0.3 is 39.5 Å². The number of hydrogen-bond donors (Lipinski definition) is 3. The number of rotatable bonds is 70. The molecule has 0 aliphatic rings. The number of aliphatic hydroxyl groups is 1. The highest BCUT2D eigenvalue weighted by Crippen LogP contribution is 2.45. The first-order valence-corrected chi connectivity index (χ1v) is 40.7. The molecule has 0 aromatic heterocycles. The smallest absolute Gasteiger partial charge is 0.462 e. The largest absolute Gasteiger partial charge is 0.472 e.